The Labute approximate surface area is 126 Å². The molecule has 0 spiro atoms. The van der Waals surface area contributed by atoms with Gasteiger partial charge in [0.05, 0.1) is 6.26 Å². The molecule has 1 aliphatic heterocycles. The van der Waals surface area contributed by atoms with E-state index in [4.69, 9.17) is 0 Å². The number of hydrogen-bond acceptors (Lipinski definition) is 3. The SMILES string of the molecule is Cc1cccc(CCC(=O)N2CCN(S(C)(=O)=O)CC2)c1. The molecule has 2 rings (SSSR count). The van der Waals surface area contributed by atoms with Gasteiger partial charge >= 0.3 is 0 Å². The van der Waals surface area contributed by atoms with E-state index < -0.39 is 10.0 Å². The highest BCUT2D eigenvalue weighted by Gasteiger charge is 2.25. The van der Waals surface area contributed by atoms with Gasteiger partial charge in [-0.3, -0.25) is 4.79 Å². The van der Waals surface area contributed by atoms with Gasteiger partial charge in [0, 0.05) is 32.6 Å². The summed E-state index contributed by atoms with van der Waals surface area (Å²) in [5.74, 6) is 0.102. The second-order valence-electron chi connectivity index (χ2n) is 5.53. The Morgan fingerprint density at radius 1 is 1.19 bits per heavy atom. The van der Waals surface area contributed by atoms with E-state index in [-0.39, 0.29) is 5.91 Å². The molecule has 1 amide bonds. The van der Waals surface area contributed by atoms with Gasteiger partial charge in [-0.15, -0.1) is 0 Å². The van der Waals surface area contributed by atoms with Crippen molar-refractivity contribution in [2.45, 2.75) is 19.8 Å². The quantitative estimate of drug-likeness (QED) is 0.834. The van der Waals surface area contributed by atoms with Crippen LogP contribution in [0, 0.1) is 6.92 Å². The molecule has 0 radical (unpaired) electrons. The minimum atomic E-state index is -3.14. The van der Waals surface area contributed by atoms with Gasteiger partial charge in [0.15, 0.2) is 0 Å². The van der Waals surface area contributed by atoms with Gasteiger partial charge in [0.25, 0.3) is 0 Å². The monoisotopic (exact) mass is 310 g/mol. The number of carbonyl (C=O) groups is 1. The van der Waals surface area contributed by atoms with Crippen molar-refractivity contribution in [3.63, 3.8) is 0 Å². The van der Waals surface area contributed by atoms with Crippen molar-refractivity contribution >= 4 is 15.9 Å². The number of nitrogens with zero attached hydrogens (tertiary/aromatic N) is 2. The summed E-state index contributed by atoms with van der Waals surface area (Å²) in [6.07, 6.45) is 2.41. The largest absolute Gasteiger partial charge is 0.340 e. The zero-order chi connectivity index (χ0) is 15.5. The first-order chi connectivity index (χ1) is 9.86. The Balaban J connectivity index is 1.83. The Morgan fingerprint density at radius 2 is 1.86 bits per heavy atom. The molecular weight excluding hydrogens is 288 g/mol. The van der Waals surface area contributed by atoms with Gasteiger partial charge in [-0.25, -0.2) is 8.42 Å². The summed E-state index contributed by atoms with van der Waals surface area (Å²) in [5.41, 5.74) is 2.36. The average Bonchev–Trinajstić information content (AvgIpc) is 2.44. The average molecular weight is 310 g/mol. The van der Waals surface area contributed by atoms with Crippen molar-refractivity contribution in [1.29, 1.82) is 0 Å². The lowest BCUT2D eigenvalue weighted by Gasteiger charge is -2.33. The number of sulfonamides is 1. The van der Waals surface area contributed by atoms with Gasteiger partial charge in [-0.2, -0.15) is 4.31 Å². The molecule has 116 valence electrons. The summed E-state index contributed by atoms with van der Waals surface area (Å²) < 4.78 is 24.3. The lowest BCUT2D eigenvalue weighted by Crippen LogP contribution is -2.50. The highest BCUT2D eigenvalue weighted by Crippen LogP contribution is 2.11. The summed E-state index contributed by atoms with van der Waals surface area (Å²) in [5, 5.41) is 0. The van der Waals surface area contributed by atoms with Crippen molar-refractivity contribution in [3.05, 3.63) is 35.4 Å². The first-order valence-corrected chi connectivity index (χ1v) is 8.99. The topological polar surface area (TPSA) is 57.7 Å². The van der Waals surface area contributed by atoms with Gasteiger partial charge in [0.1, 0.15) is 0 Å². The third-order valence-electron chi connectivity index (χ3n) is 3.77. The summed E-state index contributed by atoms with van der Waals surface area (Å²) >= 11 is 0. The molecule has 21 heavy (non-hydrogen) atoms. The van der Waals surface area contributed by atoms with Crippen LogP contribution in [0.1, 0.15) is 17.5 Å². The molecule has 1 aromatic carbocycles. The fourth-order valence-electron chi connectivity index (χ4n) is 2.55. The van der Waals surface area contributed by atoms with Gasteiger partial charge in [-0.05, 0) is 18.9 Å². The minimum Gasteiger partial charge on any atom is -0.340 e. The van der Waals surface area contributed by atoms with Crippen molar-refractivity contribution in [3.8, 4) is 0 Å². The zero-order valence-corrected chi connectivity index (χ0v) is 13.4. The minimum absolute atomic E-state index is 0.102. The van der Waals surface area contributed by atoms with Crippen LogP contribution in [0.15, 0.2) is 24.3 Å². The molecule has 1 heterocycles. The summed E-state index contributed by atoms with van der Waals surface area (Å²) in [6.45, 7) is 3.80. The second-order valence-corrected chi connectivity index (χ2v) is 7.51. The predicted octanol–water partition coefficient (Wildman–Crippen LogP) is 1.03. The number of benzene rings is 1. The van der Waals surface area contributed by atoms with E-state index in [1.54, 1.807) is 4.90 Å². The Hall–Kier alpha value is -1.40. The molecule has 1 fully saturated rings. The van der Waals surface area contributed by atoms with E-state index in [0.717, 1.165) is 12.0 Å². The van der Waals surface area contributed by atoms with E-state index in [1.165, 1.54) is 16.1 Å². The van der Waals surface area contributed by atoms with Crippen LogP contribution in [0.25, 0.3) is 0 Å². The van der Waals surface area contributed by atoms with Crippen LogP contribution in [0.2, 0.25) is 0 Å². The number of hydrogen-bond donors (Lipinski definition) is 0. The van der Waals surface area contributed by atoms with Gasteiger partial charge in [-0.1, -0.05) is 29.8 Å². The van der Waals surface area contributed by atoms with Crippen molar-refractivity contribution < 1.29 is 13.2 Å². The third-order valence-corrected chi connectivity index (χ3v) is 5.07. The Bertz CT molecular complexity index is 605. The van der Waals surface area contributed by atoms with E-state index >= 15 is 0 Å². The molecule has 0 saturated carbocycles. The van der Waals surface area contributed by atoms with Crippen LogP contribution < -0.4 is 0 Å². The number of piperazine rings is 1. The van der Waals surface area contributed by atoms with Crippen molar-refractivity contribution in [1.82, 2.24) is 9.21 Å². The lowest BCUT2D eigenvalue weighted by atomic mass is 10.1. The number of rotatable bonds is 4. The van der Waals surface area contributed by atoms with Gasteiger partial charge < -0.3 is 4.90 Å². The fourth-order valence-corrected chi connectivity index (χ4v) is 3.37. The summed E-state index contributed by atoms with van der Waals surface area (Å²) in [6, 6.07) is 8.16. The Kier molecular flexibility index (Phi) is 5.00. The molecule has 0 bridgehead atoms. The first kappa shape index (κ1) is 16.0. The molecule has 5 nitrogen and oxygen atoms in total. The van der Waals surface area contributed by atoms with Crippen LogP contribution >= 0.6 is 0 Å². The van der Waals surface area contributed by atoms with Crippen LogP contribution in [0.3, 0.4) is 0 Å². The smallest absolute Gasteiger partial charge is 0.222 e. The molecule has 0 atom stereocenters. The molecule has 0 unspecified atom stereocenters. The molecule has 0 aromatic heterocycles. The molecule has 0 N–H and O–H groups in total. The van der Waals surface area contributed by atoms with Crippen LogP contribution in [-0.2, 0) is 21.2 Å². The maximum absolute atomic E-state index is 12.2. The van der Waals surface area contributed by atoms with Crippen LogP contribution in [0.5, 0.6) is 0 Å². The van der Waals surface area contributed by atoms with E-state index in [1.807, 2.05) is 25.1 Å². The standard InChI is InChI=1S/C15H22N2O3S/c1-13-4-3-5-14(12-13)6-7-15(18)16-8-10-17(11-9-16)21(2,19)20/h3-5,12H,6-11H2,1-2H3. The second kappa shape index (κ2) is 6.58. The van der Waals surface area contributed by atoms with Crippen LogP contribution in [-0.4, -0.2) is 56.0 Å². The molecule has 6 heteroatoms. The first-order valence-electron chi connectivity index (χ1n) is 7.15. The zero-order valence-electron chi connectivity index (χ0n) is 12.6. The predicted molar refractivity (Wildman–Crippen MR) is 82.5 cm³/mol. The lowest BCUT2D eigenvalue weighted by molar-refractivity contribution is -0.132. The normalized spacial score (nSPS) is 17.0. The summed E-state index contributed by atoms with van der Waals surface area (Å²) in [4.78, 5) is 13.9. The molecule has 1 saturated heterocycles. The Morgan fingerprint density at radius 3 is 2.43 bits per heavy atom. The molecule has 0 aliphatic carbocycles. The van der Waals surface area contributed by atoms with Crippen molar-refractivity contribution in [2.24, 2.45) is 0 Å². The van der Waals surface area contributed by atoms with Crippen molar-refractivity contribution in [2.75, 3.05) is 32.4 Å². The molecule has 1 aliphatic rings. The van der Waals surface area contributed by atoms with E-state index in [9.17, 15) is 13.2 Å². The highest BCUT2D eigenvalue weighted by molar-refractivity contribution is 7.88. The fraction of sp³-hybridized carbons (Fsp3) is 0.533. The number of carbonyl (C=O) groups excluding carboxylic acids is 1. The highest BCUT2D eigenvalue weighted by atomic mass is 32.2. The molecular formula is C15H22N2O3S. The van der Waals surface area contributed by atoms with E-state index in [0.29, 0.717) is 32.6 Å². The van der Waals surface area contributed by atoms with E-state index in [2.05, 4.69) is 6.07 Å². The molecule has 1 aromatic rings. The maximum Gasteiger partial charge on any atom is 0.222 e. The third kappa shape index (κ3) is 4.54. The summed E-state index contributed by atoms with van der Waals surface area (Å²) in [7, 11) is -3.14. The maximum atomic E-state index is 12.2. The number of amides is 1. The number of aryl methyl sites for hydroxylation is 2. The van der Waals surface area contributed by atoms with Crippen LogP contribution in [0.4, 0.5) is 0 Å². The van der Waals surface area contributed by atoms with Gasteiger partial charge in [0.2, 0.25) is 15.9 Å².